The number of aliphatic carboxylic acids is 1. The predicted octanol–water partition coefficient (Wildman–Crippen LogP) is 2.05. The van der Waals surface area contributed by atoms with Gasteiger partial charge in [-0.1, -0.05) is 6.42 Å². The van der Waals surface area contributed by atoms with Crippen LogP contribution in [0.1, 0.15) is 19.3 Å². The summed E-state index contributed by atoms with van der Waals surface area (Å²) in [5.41, 5.74) is 0. The first-order valence-electron chi connectivity index (χ1n) is 3.72. The summed E-state index contributed by atoms with van der Waals surface area (Å²) >= 11 is 0. The SMILES string of the molecule is O=C(O)[C@@H]1CCC[C@H]1C(F)(F)F. The van der Waals surface area contributed by atoms with Gasteiger partial charge in [-0.3, -0.25) is 4.79 Å². The van der Waals surface area contributed by atoms with E-state index in [2.05, 4.69) is 0 Å². The van der Waals surface area contributed by atoms with Crippen LogP contribution in [-0.4, -0.2) is 17.3 Å². The minimum atomic E-state index is -4.35. The van der Waals surface area contributed by atoms with Crippen LogP contribution >= 0.6 is 0 Å². The molecule has 0 unspecified atom stereocenters. The van der Waals surface area contributed by atoms with Gasteiger partial charge in [0, 0.05) is 0 Å². The minimum absolute atomic E-state index is 0.0412. The Morgan fingerprint density at radius 3 is 2.25 bits per heavy atom. The largest absolute Gasteiger partial charge is 0.481 e. The summed E-state index contributed by atoms with van der Waals surface area (Å²) in [5, 5.41) is 8.45. The fraction of sp³-hybridized carbons (Fsp3) is 0.857. The third-order valence-corrected chi connectivity index (χ3v) is 2.25. The van der Waals surface area contributed by atoms with E-state index in [1.165, 1.54) is 0 Å². The fourth-order valence-electron chi connectivity index (χ4n) is 1.65. The predicted molar refractivity (Wildman–Crippen MR) is 34.5 cm³/mol. The molecule has 0 amide bonds. The Labute approximate surface area is 67.4 Å². The van der Waals surface area contributed by atoms with E-state index in [1.54, 1.807) is 0 Å². The van der Waals surface area contributed by atoms with Crippen molar-refractivity contribution in [1.29, 1.82) is 0 Å². The molecule has 0 saturated heterocycles. The molecule has 1 aliphatic carbocycles. The summed E-state index contributed by atoms with van der Waals surface area (Å²) < 4.78 is 36.3. The third-order valence-electron chi connectivity index (χ3n) is 2.25. The summed E-state index contributed by atoms with van der Waals surface area (Å²) in [6.45, 7) is 0. The maximum atomic E-state index is 12.1. The van der Waals surface area contributed by atoms with Gasteiger partial charge in [-0.05, 0) is 12.8 Å². The van der Waals surface area contributed by atoms with Crippen molar-refractivity contribution in [3.63, 3.8) is 0 Å². The van der Waals surface area contributed by atoms with E-state index < -0.39 is 24.0 Å². The molecule has 70 valence electrons. The molecule has 2 atom stereocenters. The molecule has 0 aromatic heterocycles. The molecule has 2 nitrogen and oxygen atoms in total. The number of rotatable bonds is 1. The molecule has 0 aliphatic heterocycles. The average molecular weight is 182 g/mol. The van der Waals surface area contributed by atoms with E-state index in [0.29, 0.717) is 6.42 Å². The number of hydrogen-bond acceptors (Lipinski definition) is 1. The molecule has 1 N–H and O–H groups in total. The number of carbonyl (C=O) groups is 1. The monoisotopic (exact) mass is 182 g/mol. The van der Waals surface area contributed by atoms with Gasteiger partial charge < -0.3 is 5.11 Å². The number of carboxylic acids is 1. The highest BCUT2D eigenvalue weighted by atomic mass is 19.4. The lowest BCUT2D eigenvalue weighted by atomic mass is 9.96. The number of halogens is 3. The van der Waals surface area contributed by atoms with Crippen molar-refractivity contribution < 1.29 is 23.1 Å². The van der Waals surface area contributed by atoms with E-state index in [0.717, 1.165) is 0 Å². The Hall–Kier alpha value is -0.740. The molecule has 0 aromatic carbocycles. The van der Waals surface area contributed by atoms with E-state index in [-0.39, 0.29) is 12.8 Å². The van der Waals surface area contributed by atoms with Crippen LogP contribution in [0.3, 0.4) is 0 Å². The van der Waals surface area contributed by atoms with Crippen LogP contribution in [0.25, 0.3) is 0 Å². The zero-order valence-electron chi connectivity index (χ0n) is 6.27. The molecular formula is C7H9F3O2. The van der Waals surface area contributed by atoms with Crippen molar-refractivity contribution in [3.05, 3.63) is 0 Å². The lowest BCUT2D eigenvalue weighted by Gasteiger charge is -2.18. The molecule has 12 heavy (non-hydrogen) atoms. The standard InChI is InChI=1S/C7H9F3O2/c8-7(9,10)5-3-1-2-4(5)6(11)12/h4-5H,1-3H2,(H,11,12)/t4-,5-/m1/s1. The van der Waals surface area contributed by atoms with Crippen LogP contribution in [0.5, 0.6) is 0 Å². The van der Waals surface area contributed by atoms with Gasteiger partial charge in [0.25, 0.3) is 0 Å². The van der Waals surface area contributed by atoms with E-state index >= 15 is 0 Å². The van der Waals surface area contributed by atoms with E-state index in [1.807, 2.05) is 0 Å². The van der Waals surface area contributed by atoms with Gasteiger partial charge in [0.1, 0.15) is 0 Å². The van der Waals surface area contributed by atoms with Crippen LogP contribution in [0.4, 0.5) is 13.2 Å². The number of alkyl halides is 3. The number of hydrogen-bond donors (Lipinski definition) is 1. The summed E-state index contributed by atoms with van der Waals surface area (Å²) in [6, 6.07) is 0. The molecule has 5 heteroatoms. The quantitative estimate of drug-likeness (QED) is 0.673. The Balaban J connectivity index is 2.71. The molecule has 1 rings (SSSR count). The van der Waals surface area contributed by atoms with Gasteiger partial charge in [0.15, 0.2) is 0 Å². The van der Waals surface area contributed by atoms with Crippen molar-refractivity contribution in [2.24, 2.45) is 11.8 Å². The molecule has 1 saturated carbocycles. The van der Waals surface area contributed by atoms with Crippen molar-refractivity contribution >= 4 is 5.97 Å². The Kier molecular flexibility index (Phi) is 2.30. The maximum absolute atomic E-state index is 12.1. The highest BCUT2D eigenvalue weighted by Crippen LogP contribution is 2.42. The number of carboxylic acid groups (broad SMARTS) is 1. The first-order chi connectivity index (χ1) is 5.43. The molecule has 0 radical (unpaired) electrons. The Morgan fingerprint density at radius 2 is 1.92 bits per heavy atom. The Morgan fingerprint density at radius 1 is 1.33 bits per heavy atom. The lowest BCUT2D eigenvalue weighted by molar-refractivity contribution is -0.191. The molecule has 0 aromatic rings. The maximum Gasteiger partial charge on any atom is 0.392 e. The lowest BCUT2D eigenvalue weighted by Crippen LogP contribution is -2.30. The normalized spacial score (nSPS) is 30.6. The van der Waals surface area contributed by atoms with Gasteiger partial charge in [-0.15, -0.1) is 0 Å². The molecule has 0 heterocycles. The average Bonchev–Trinajstić information content (AvgIpc) is 2.30. The molecule has 1 aliphatic rings. The van der Waals surface area contributed by atoms with Crippen LogP contribution in [0.2, 0.25) is 0 Å². The van der Waals surface area contributed by atoms with Crippen LogP contribution in [0, 0.1) is 11.8 Å². The summed E-state index contributed by atoms with van der Waals surface area (Å²) in [7, 11) is 0. The van der Waals surface area contributed by atoms with Crippen molar-refractivity contribution in [2.45, 2.75) is 25.4 Å². The molecule has 0 bridgehead atoms. The zero-order valence-corrected chi connectivity index (χ0v) is 6.27. The van der Waals surface area contributed by atoms with Gasteiger partial charge >= 0.3 is 12.1 Å². The molecule has 1 fully saturated rings. The van der Waals surface area contributed by atoms with Gasteiger partial charge in [-0.25, -0.2) is 0 Å². The topological polar surface area (TPSA) is 37.3 Å². The zero-order chi connectivity index (χ0) is 9.35. The van der Waals surface area contributed by atoms with Crippen molar-refractivity contribution in [1.82, 2.24) is 0 Å². The second-order valence-corrected chi connectivity index (χ2v) is 3.02. The van der Waals surface area contributed by atoms with Gasteiger partial charge in [-0.2, -0.15) is 13.2 Å². The fourth-order valence-corrected chi connectivity index (χ4v) is 1.65. The second kappa shape index (κ2) is 2.95. The third kappa shape index (κ3) is 1.70. The summed E-state index contributed by atoms with van der Waals surface area (Å²) in [5.74, 6) is -4.17. The first-order valence-corrected chi connectivity index (χ1v) is 3.72. The van der Waals surface area contributed by atoms with E-state index in [4.69, 9.17) is 5.11 Å². The van der Waals surface area contributed by atoms with Crippen LogP contribution in [-0.2, 0) is 4.79 Å². The molecule has 0 spiro atoms. The van der Waals surface area contributed by atoms with Crippen LogP contribution in [0.15, 0.2) is 0 Å². The first kappa shape index (κ1) is 9.35. The van der Waals surface area contributed by atoms with Crippen molar-refractivity contribution in [3.8, 4) is 0 Å². The highest BCUT2D eigenvalue weighted by Gasteiger charge is 2.49. The molecular weight excluding hydrogens is 173 g/mol. The summed E-state index contributed by atoms with van der Waals surface area (Å²) in [4.78, 5) is 10.4. The van der Waals surface area contributed by atoms with E-state index in [9.17, 15) is 18.0 Å². The van der Waals surface area contributed by atoms with Crippen molar-refractivity contribution in [2.75, 3.05) is 0 Å². The van der Waals surface area contributed by atoms with Gasteiger partial charge in [0.2, 0.25) is 0 Å². The second-order valence-electron chi connectivity index (χ2n) is 3.02. The smallest absolute Gasteiger partial charge is 0.392 e. The van der Waals surface area contributed by atoms with Gasteiger partial charge in [0.05, 0.1) is 11.8 Å². The van der Waals surface area contributed by atoms with Crippen LogP contribution < -0.4 is 0 Å². The minimum Gasteiger partial charge on any atom is -0.481 e. The Bertz CT molecular complexity index is 188. The highest BCUT2D eigenvalue weighted by molar-refractivity contribution is 5.70. The summed E-state index contributed by atoms with van der Waals surface area (Å²) in [6.07, 6.45) is -3.87.